The molecule has 0 saturated heterocycles. The zero-order valence-electron chi connectivity index (χ0n) is 28.3. The fourth-order valence-corrected chi connectivity index (χ4v) is 7.24. The Balaban J connectivity index is 1.09. The molecule has 9 rings (SSSR count). The largest absolute Gasteiger partial charge is 0.456 e. The number of benzene rings is 8. The van der Waals surface area contributed by atoms with E-state index in [1.54, 1.807) is 0 Å². The summed E-state index contributed by atoms with van der Waals surface area (Å²) in [6.07, 6.45) is 0. The SMILES string of the molecule is Cc1c(-c2cccc(-c3ccc(N(c4ccc(-c5cccc(-c6ccccc6)c5)cc4)c4cccc5ccccc45)cc3)c2)oc2ccccc12. The molecule has 0 bridgehead atoms. The summed E-state index contributed by atoms with van der Waals surface area (Å²) >= 11 is 0. The van der Waals surface area contributed by atoms with Gasteiger partial charge in [0.05, 0.1) is 5.69 Å². The molecule has 0 atom stereocenters. The van der Waals surface area contributed by atoms with Crippen LogP contribution in [0.15, 0.2) is 199 Å². The monoisotopic (exact) mass is 653 g/mol. The predicted octanol–water partition coefficient (Wildman–Crippen LogP) is 14.0. The lowest BCUT2D eigenvalue weighted by Crippen LogP contribution is -2.10. The van der Waals surface area contributed by atoms with Crippen molar-refractivity contribution in [1.29, 1.82) is 0 Å². The zero-order chi connectivity index (χ0) is 34.1. The summed E-state index contributed by atoms with van der Waals surface area (Å²) in [6, 6.07) is 69.2. The van der Waals surface area contributed by atoms with Gasteiger partial charge < -0.3 is 9.32 Å². The van der Waals surface area contributed by atoms with Crippen LogP contribution < -0.4 is 4.90 Å². The minimum absolute atomic E-state index is 0.919. The van der Waals surface area contributed by atoms with Gasteiger partial charge >= 0.3 is 0 Å². The Morgan fingerprint density at radius 2 is 0.843 bits per heavy atom. The first-order valence-electron chi connectivity index (χ1n) is 17.4. The summed E-state index contributed by atoms with van der Waals surface area (Å²) in [5.74, 6) is 0.923. The maximum Gasteiger partial charge on any atom is 0.138 e. The fraction of sp³-hybridized carbons (Fsp3) is 0.0204. The summed E-state index contributed by atoms with van der Waals surface area (Å²) in [4.78, 5) is 2.37. The van der Waals surface area contributed by atoms with E-state index in [1.807, 2.05) is 12.1 Å². The molecule has 51 heavy (non-hydrogen) atoms. The summed E-state index contributed by atoms with van der Waals surface area (Å²) < 4.78 is 6.32. The molecule has 0 aliphatic carbocycles. The number of para-hydroxylation sites is 1. The average molecular weight is 654 g/mol. The molecule has 0 aliphatic heterocycles. The molecule has 242 valence electrons. The Morgan fingerprint density at radius 1 is 0.373 bits per heavy atom. The van der Waals surface area contributed by atoms with Crippen LogP contribution in [-0.2, 0) is 0 Å². The second kappa shape index (κ2) is 13.0. The van der Waals surface area contributed by atoms with Gasteiger partial charge in [-0.2, -0.15) is 0 Å². The quantitative estimate of drug-likeness (QED) is 0.170. The lowest BCUT2D eigenvalue weighted by Gasteiger charge is -2.27. The molecule has 8 aromatic carbocycles. The van der Waals surface area contributed by atoms with Crippen LogP contribution in [0.1, 0.15) is 5.56 Å². The van der Waals surface area contributed by atoms with Crippen LogP contribution in [-0.4, -0.2) is 0 Å². The zero-order valence-corrected chi connectivity index (χ0v) is 28.3. The van der Waals surface area contributed by atoms with Crippen LogP contribution >= 0.6 is 0 Å². The van der Waals surface area contributed by atoms with E-state index in [9.17, 15) is 0 Å². The number of hydrogen-bond acceptors (Lipinski definition) is 2. The Labute approximate surface area is 298 Å². The van der Waals surface area contributed by atoms with E-state index in [2.05, 4.69) is 194 Å². The number of nitrogens with zero attached hydrogens (tertiary/aromatic N) is 1. The second-order valence-corrected chi connectivity index (χ2v) is 13.0. The van der Waals surface area contributed by atoms with Crippen LogP contribution in [0.3, 0.4) is 0 Å². The molecule has 9 aromatic rings. The third-order valence-corrected chi connectivity index (χ3v) is 9.86. The highest BCUT2D eigenvalue weighted by Gasteiger charge is 2.17. The van der Waals surface area contributed by atoms with Crippen LogP contribution in [0.2, 0.25) is 0 Å². The molecule has 1 aromatic heterocycles. The molecule has 2 nitrogen and oxygen atoms in total. The third-order valence-electron chi connectivity index (χ3n) is 9.86. The Bertz CT molecular complexity index is 2630. The van der Waals surface area contributed by atoms with E-state index in [1.165, 1.54) is 38.6 Å². The number of anilines is 3. The van der Waals surface area contributed by atoms with Crippen molar-refractivity contribution in [3.8, 4) is 44.7 Å². The van der Waals surface area contributed by atoms with E-state index < -0.39 is 0 Å². The molecule has 0 fully saturated rings. The van der Waals surface area contributed by atoms with Crippen molar-refractivity contribution < 1.29 is 4.42 Å². The van der Waals surface area contributed by atoms with E-state index in [0.29, 0.717) is 0 Å². The van der Waals surface area contributed by atoms with Crippen molar-refractivity contribution in [3.63, 3.8) is 0 Å². The standard InChI is InChI=1S/C49H35NO/c1-34-45-20-7-8-23-48(45)51-49(34)42-19-10-18-41(33-42)37-26-30-44(31-27-37)50(47-22-11-15-38-14-5-6-21-46(38)47)43-28-24-36(25-29-43)40-17-9-16-39(32-40)35-12-3-2-4-13-35/h2-33H,1H3. The first kappa shape index (κ1) is 30.4. The number of rotatable bonds is 7. The first-order chi connectivity index (χ1) is 25.2. The highest BCUT2D eigenvalue weighted by atomic mass is 16.3. The second-order valence-electron chi connectivity index (χ2n) is 13.0. The molecule has 0 unspecified atom stereocenters. The van der Waals surface area contributed by atoms with E-state index in [0.717, 1.165) is 50.5 Å². The summed E-state index contributed by atoms with van der Waals surface area (Å²) in [5.41, 5.74) is 13.6. The van der Waals surface area contributed by atoms with Gasteiger partial charge in [-0.05, 0) is 94.2 Å². The van der Waals surface area contributed by atoms with Crippen molar-refractivity contribution in [2.24, 2.45) is 0 Å². The maximum atomic E-state index is 6.32. The minimum atomic E-state index is 0.919. The lowest BCUT2D eigenvalue weighted by molar-refractivity contribution is 0.629. The van der Waals surface area contributed by atoms with Crippen molar-refractivity contribution in [2.75, 3.05) is 4.90 Å². The number of aryl methyl sites for hydroxylation is 1. The molecule has 0 spiro atoms. The summed E-state index contributed by atoms with van der Waals surface area (Å²) in [5, 5.41) is 3.57. The van der Waals surface area contributed by atoms with E-state index in [4.69, 9.17) is 4.42 Å². The highest BCUT2D eigenvalue weighted by molar-refractivity contribution is 5.99. The smallest absolute Gasteiger partial charge is 0.138 e. The minimum Gasteiger partial charge on any atom is -0.456 e. The fourth-order valence-electron chi connectivity index (χ4n) is 7.24. The van der Waals surface area contributed by atoms with Gasteiger partial charge in [-0.3, -0.25) is 0 Å². The van der Waals surface area contributed by atoms with Crippen molar-refractivity contribution in [2.45, 2.75) is 6.92 Å². The molecule has 0 radical (unpaired) electrons. The van der Waals surface area contributed by atoms with Gasteiger partial charge in [0.2, 0.25) is 0 Å². The van der Waals surface area contributed by atoms with Crippen LogP contribution in [0.4, 0.5) is 17.1 Å². The Morgan fingerprint density at radius 3 is 1.49 bits per heavy atom. The molecular formula is C49H35NO. The first-order valence-corrected chi connectivity index (χ1v) is 17.4. The van der Waals surface area contributed by atoms with Gasteiger partial charge in [0.25, 0.3) is 0 Å². The molecule has 0 saturated carbocycles. The number of hydrogen-bond donors (Lipinski definition) is 0. The molecule has 0 amide bonds. The van der Waals surface area contributed by atoms with Gasteiger partial charge in [0.15, 0.2) is 0 Å². The van der Waals surface area contributed by atoms with Gasteiger partial charge in [-0.15, -0.1) is 0 Å². The van der Waals surface area contributed by atoms with Gasteiger partial charge in [-0.25, -0.2) is 0 Å². The van der Waals surface area contributed by atoms with Gasteiger partial charge in [0, 0.05) is 33.3 Å². The Hall–Kier alpha value is -6.64. The van der Waals surface area contributed by atoms with Crippen molar-refractivity contribution in [3.05, 3.63) is 200 Å². The van der Waals surface area contributed by atoms with Gasteiger partial charge in [-0.1, -0.05) is 146 Å². The van der Waals surface area contributed by atoms with Crippen molar-refractivity contribution in [1.82, 2.24) is 0 Å². The third kappa shape index (κ3) is 5.77. The van der Waals surface area contributed by atoms with Crippen molar-refractivity contribution >= 4 is 38.8 Å². The molecule has 0 aliphatic rings. The topological polar surface area (TPSA) is 16.4 Å². The molecule has 1 heterocycles. The molecular weight excluding hydrogens is 619 g/mol. The number of fused-ring (bicyclic) bond motifs is 2. The lowest BCUT2D eigenvalue weighted by atomic mass is 9.98. The van der Waals surface area contributed by atoms with E-state index >= 15 is 0 Å². The molecule has 0 N–H and O–H groups in total. The average Bonchev–Trinajstić information content (AvgIpc) is 3.55. The molecule has 2 heteroatoms. The Kier molecular flexibility index (Phi) is 7.75. The van der Waals surface area contributed by atoms with Crippen LogP contribution in [0.5, 0.6) is 0 Å². The normalized spacial score (nSPS) is 11.2. The van der Waals surface area contributed by atoms with Crippen LogP contribution in [0.25, 0.3) is 66.4 Å². The summed E-state index contributed by atoms with van der Waals surface area (Å²) in [6.45, 7) is 2.14. The van der Waals surface area contributed by atoms with Crippen LogP contribution in [0, 0.1) is 6.92 Å². The van der Waals surface area contributed by atoms with Gasteiger partial charge in [0.1, 0.15) is 11.3 Å². The summed E-state index contributed by atoms with van der Waals surface area (Å²) in [7, 11) is 0. The maximum absolute atomic E-state index is 6.32. The van der Waals surface area contributed by atoms with E-state index in [-0.39, 0.29) is 0 Å². The predicted molar refractivity (Wildman–Crippen MR) is 215 cm³/mol. The number of furan rings is 1. The highest BCUT2D eigenvalue weighted by Crippen LogP contribution is 2.41.